The maximum atomic E-state index is 13.4. The van der Waals surface area contributed by atoms with Crippen LogP contribution < -0.4 is 10.1 Å². The van der Waals surface area contributed by atoms with Crippen LogP contribution >= 0.6 is 0 Å². The number of carbonyl (C=O) groups excluding carboxylic acids is 1. The molecule has 0 aliphatic rings. The van der Waals surface area contributed by atoms with Crippen molar-refractivity contribution in [2.75, 3.05) is 19.4 Å². The first kappa shape index (κ1) is 24.1. The van der Waals surface area contributed by atoms with Gasteiger partial charge >= 0.3 is 12.0 Å². The molecule has 2 N–H and O–H groups in total. The molecule has 9 nitrogen and oxygen atoms in total. The third kappa shape index (κ3) is 5.46. The molecule has 0 spiro atoms. The van der Waals surface area contributed by atoms with Crippen molar-refractivity contribution in [2.45, 2.75) is 37.7 Å². The zero-order valence-electron chi connectivity index (χ0n) is 18.9. The first-order valence-electron chi connectivity index (χ1n) is 10.4. The minimum absolute atomic E-state index is 0.0366. The van der Waals surface area contributed by atoms with Gasteiger partial charge in [0.25, 0.3) is 10.0 Å². The SMILES string of the molecule is CC(C)Oc1ccc2c(c1)c(CCC(=O)O)cn2S(=O)(=O)c1ccc(NC(=O)N(C)C)cc1. The summed E-state index contributed by atoms with van der Waals surface area (Å²) in [5.74, 6) is -0.395. The number of carboxylic acid groups (broad SMARTS) is 1. The smallest absolute Gasteiger partial charge is 0.321 e. The molecular weight excluding hydrogens is 446 g/mol. The van der Waals surface area contributed by atoms with Crippen molar-refractivity contribution < 1.29 is 27.9 Å². The summed E-state index contributed by atoms with van der Waals surface area (Å²) in [7, 11) is -0.771. The van der Waals surface area contributed by atoms with Gasteiger partial charge in [0.05, 0.1) is 16.5 Å². The van der Waals surface area contributed by atoms with Gasteiger partial charge in [-0.3, -0.25) is 4.79 Å². The standard InChI is InChI=1S/C23H27N3O6S/c1-15(2)32-18-8-11-21-20(13-18)16(5-12-22(27)28)14-26(21)33(30,31)19-9-6-17(7-10-19)24-23(29)25(3)4/h6-11,13-15H,5,12H2,1-4H3,(H,24,29)(H,27,28). The monoisotopic (exact) mass is 473 g/mol. The largest absolute Gasteiger partial charge is 0.491 e. The number of carboxylic acids is 1. The summed E-state index contributed by atoms with van der Waals surface area (Å²) >= 11 is 0. The molecule has 2 amide bonds. The molecule has 0 bridgehead atoms. The topological polar surface area (TPSA) is 118 Å². The van der Waals surface area contributed by atoms with Gasteiger partial charge in [0.15, 0.2) is 0 Å². The number of rotatable bonds is 8. The van der Waals surface area contributed by atoms with Crippen molar-refractivity contribution in [1.82, 2.24) is 8.87 Å². The highest BCUT2D eigenvalue weighted by molar-refractivity contribution is 7.90. The van der Waals surface area contributed by atoms with Crippen LogP contribution in [0.25, 0.3) is 10.9 Å². The third-order valence-corrected chi connectivity index (χ3v) is 6.56. The molecule has 3 aromatic rings. The Balaban J connectivity index is 2.03. The first-order chi connectivity index (χ1) is 15.5. The van der Waals surface area contributed by atoms with Gasteiger partial charge in [-0.1, -0.05) is 0 Å². The van der Waals surface area contributed by atoms with Crippen molar-refractivity contribution in [3.8, 4) is 5.75 Å². The number of carbonyl (C=O) groups is 2. The number of nitrogens with zero attached hydrogens (tertiary/aromatic N) is 2. The van der Waals surface area contributed by atoms with E-state index in [9.17, 15) is 18.0 Å². The summed E-state index contributed by atoms with van der Waals surface area (Å²) in [5.41, 5.74) is 1.49. The lowest BCUT2D eigenvalue weighted by Crippen LogP contribution is -2.27. The van der Waals surface area contributed by atoms with Gasteiger partial charge in [0.1, 0.15) is 5.75 Å². The summed E-state index contributed by atoms with van der Waals surface area (Å²) in [6.07, 6.45) is 1.44. The molecule has 1 aromatic heterocycles. The van der Waals surface area contributed by atoms with Crippen molar-refractivity contribution >= 4 is 38.6 Å². The van der Waals surface area contributed by atoms with E-state index in [1.165, 1.54) is 35.4 Å². The number of anilines is 1. The summed E-state index contributed by atoms with van der Waals surface area (Å²) in [4.78, 5) is 24.3. The van der Waals surface area contributed by atoms with E-state index in [0.717, 1.165) is 3.97 Å². The number of hydrogen-bond acceptors (Lipinski definition) is 5. The van der Waals surface area contributed by atoms with Crippen LogP contribution in [0.3, 0.4) is 0 Å². The van der Waals surface area contributed by atoms with Crippen LogP contribution in [-0.2, 0) is 21.2 Å². The molecule has 0 aliphatic carbocycles. The van der Waals surface area contributed by atoms with Crippen LogP contribution in [0.2, 0.25) is 0 Å². The zero-order valence-corrected chi connectivity index (χ0v) is 19.7. The van der Waals surface area contributed by atoms with Gasteiger partial charge < -0.3 is 20.1 Å². The summed E-state index contributed by atoms with van der Waals surface area (Å²) in [6, 6.07) is 10.6. The lowest BCUT2D eigenvalue weighted by atomic mass is 10.1. The Kier molecular flexibility index (Phi) is 6.97. The van der Waals surface area contributed by atoms with Crippen molar-refractivity contribution in [1.29, 1.82) is 0 Å². The predicted molar refractivity (Wildman–Crippen MR) is 125 cm³/mol. The molecule has 0 radical (unpaired) electrons. The second-order valence-electron chi connectivity index (χ2n) is 8.04. The molecule has 3 rings (SSSR count). The molecule has 0 saturated carbocycles. The van der Waals surface area contributed by atoms with Gasteiger partial charge in [-0.05, 0) is 68.3 Å². The normalized spacial score (nSPS) is 11.5. The average Bonchev–Trinajstić information content (AvgIpc) is 3.11. The van der Waals surface area contributed by atoms with Crippen LogP contribution in [0.1, 0.15) is 25.8 Å². The lowest BCUT2D eigenvalue weighted by molar-refractivity contribution is -0.136. The lowest BCUT2D eigenvalue weighted by Gasteiger charge is -2.13. The van der Waals surface area contributed by atoms with Gasteiger partial charge in [0, 0.05) is 37.8 Å². The Morgan fingerprint density at radius 2 is 1.79 bits per heavy atom. The average molecular weight is 474 g/mol. The van der Waals surface area contributed by atoms with E-state index in [1.54, 1.807) is 32.3 Å². The summed E-state index contributed by atoms with van der Waals surface area (Å²) in [6.45, 7) is 3.77. The van der Waals surface area contributed by atoms with Gasteiger partial charge in [-0.15, -0.1) is 0 Å². The number of aromatic nitrogens is 1. The zero-order chi connectivity index (χ0) is 24.3. The number of fused-ring (bicyclic) bond motifs is 1. The number of ether oxygens (including phenoxy) is 1. The maximum absolute atomic E-state index is 13.4. The summed E-state index contributed by atoms with van der Waals surface area (Å²) < 4.78 is 33.7. The molecule has 0 unspecified atom stereocenters. The van der Waals surface area contributed by atoms with Crippen LogP contribution in [0, 0.1) is 0 Å². The third-order valence-electron chi connectivity index (χ3n) is 4.87. The highest BCUT2D eigenvalue weighted by Gasteiger charge is 2.22. The van der Waals surface area contributed by atoms with E-state index in [4.69, 9.17) is 9.84 Å². The highest BCUT2D eigenvalue weighted by Crippen LogP contribution is 2.31. The molecule has 33 heavy (non-hydrogen) atoms. The molecule has 0 saturated heterocycles. The molecule has 176 valence electrons. The number of urea groups is 1. The highest BCUT2D eigenvalue weighted by atomic mass is 32.2. The number of aliphatic carboxylic acids is 1. The van der Waals surface area contributed by atoms with Crippen molar-refractivity contribution in [2.24, 2.45) is 0 Å². The number of nitrogens with one attached hydrogen (secondary N) is 1. The Bertz CT molecular complexity index is 1280. The van der Waals surface area contributed by atoms with E-state index in [1.807, 2.05) is 13.8 Å². The predicted octanol–water partition coefficient (Wildman–Crippen LogP) is 3.78. The number of amides is 2. The fourth-order valence-electron chi connectivity index (χ4n) is 3.29. The van der Waals surface area contributed by atoms with Gasteiger partial charge in [-0.25, -0.2) is 17.2 Å². The van der Waals surface area contributed by atoms with E-state index < -0.39 is 16.0 Å². The molecule has 1 heterocycles. The van der Waals surface area contributed by atoms with E-state index in [-0.39, 0.29) is 29.9 Å². The summed E-state index contributed by atoms with van der Waals surface area (Å²) in [5, 5.41) is 12.4. The second-order valence-corrected chi connectivity index (χ2v) is 9.86. The van der Waals surface area contributed by atoms with E-state index >= 15 is 0 Å². The van der Waals surface area contributed by atoms with Crippen molar-refractivity contribution in [3.05, 3.63) is 54.2 Å². The maximum Gasteiger partial charge on any atom is 0.321 e. The Morgan fingerprint density at radius 1 is 1.12 bits per heavy atom. The van der Waals surface area contributed by atoms with Gasteiger partial charge in [0.2, 0.25) is 0 Å². The molecule has 10 heteroatoms. The number of benzene rings is 2. The fourth-order valence-corrected chi connectivity index (χ4v) is 4.68. The number of hydrogen-bond donors (Lipinski definition) is 2. The molecular formula is C23H27N3O6S. The van der Waals surface area contributed by atoms with E-state index in [0.29, 0.717) is 27.9 Å². The quantitative estimate of drug-likeness (QED) is 0.514. The minimum atomic E-state index is -3.98. The van der Waals surface area contributed by atoms with Crippen molar-refractivity contribution in [3.63, 3.8) is 0 Å². The Labute approximate surface area is 192 Å². The van der Waals surface area contributed by atoms with Crippen LogP contribution in [0.5, 0.6) is 5.75 Å². The molecule has 0 atom stereocenters. The van der Waals surface area contributed by atoms with Gasteiger partial charge in [-0.2, -0.15) is 0 Å². The Morgan fingerprint density at radius 3 is 2.36 bits per heavy atom. The van der Waals surface area contributed by atoms with Crippen LogP contribution in [0.15, 0.2) is 53.6 Å². The van der Waals surface area contributed by atoms with E-state index in [2.05, 4.69) is 5.32 Å². The molecule has 0 aliphatic heterocycles. The molecule has 0 fully saturated rings. The second kappa shape index (κ2) is 9.53. The Hall–Kier alpha value is -3.53. The fraction of sp³-hybridized carbons (Fsp3) is 0.304. The van der Waals surface area contributed by atoms with Crippen LogP contribution in [-0.4, -0.2) is 54.6 Å². The van der Waals surface area contributed by atoms with Crippen LogP contribution in [0.4, 0.5) is 10.5 Å². The minimum Gasteiger partial charge on any atom is -0.491 e. The molecule has 2 aromatic carbocycles. The first-order valence-corrected chi connectivity index (χ1v) is 11.8. The number of aryl methyl sites for hydroxylation is 1.